The fourth-order valence-electron chi connectivity index (χ4n) is 2.09. The van der Waals surface area contributed by atoms with Gasteiger partial charge in [-0.25, -0.2) is 0 Å². The monoisotopic (exact) mass is 241 g/mol. The number of aryl methyl sites for hydroxylation is 1. The Balaban J connectivity index is 2.67. The van der Waals surface area contributed by atoms with Crippen molar-refractivity contribution in [2.45, 2.75) is 12.5 Å². The molecule has 1 atom stereocenters. The predicted molar refractivity (Wildman–Crippen MR) is 69.8 cm³/mol. The Kier molecular flexibility index (Phi) is 3.17. The molecule has 0 heterocycles. The molecule has 2 aromatic rings. The van der Waals surface area contributed by atoms with Gasteiger partial charge in [0.2, 0.25) is 0 Å². The van der Waals surface area contributed by atoms with Gasteiger partial charge in [0.15, 0.2) is 5.60 Å². The second-order valence-corrected chi connectivity index (χ2v) is 4.26. The average molecular weight is 241 g/mol. The Hall–Kier alpha value is -2.13. The molecular formula is C15H15NO2. The van der Waals surface area contributed by atoms with Crippen molar-refractivity contribution in [3.8, 4) is 0 Å². The summed E-state index contributed by atoms with van der Waals surface area (Å²) in [6.07, 6.45) is 0. The first-order valence-corrected chi connectivity index (χ1v) is 5.70. The highest BCUT2D eigenvalue weighted by Gasteiger charge is 2.38. The zero-order chi connectivity index (χ0) is 13.2. The minimum atomic E-state index is -1.79. The molecule has 0 bridgehead atoms. The van der Waals surface area contributed by atoms with Gasteiger partial charge in [0.25, 0.3) is 5.91 Å². The third-order valence-electron chi connectivity index (χ3n) is 3.08. The first-order chi connectivity index (χ1) is 8.56. The number of hydrogen-bond donors (Lipinski definition) is 2. The summed E-state index contributed by atoms with van der Waals surface area (Å²) in [6, 6.07) is 15.9. The highest BCUT2D eigenvalue weighted by molar-refractivity contribution is 5.89. The van der Waals surface area contributed by atoms with E-state index in [1.54, 1.807) is 36.4 Å². The molecule has 92 valence electrons. The third kappa shape index (κ3) is 1.89. The number of nitrogens with two attached hydrogens (primary N) is 1. The molecule has 0 unspecified atom stereocenters. The summed E-state index contributed by atoms with van der Waals surface area (Å²) in [5.74, 6) is -0.775. The van der Waals surface area contributed by atoms with Crippen LogP contribution in [-0.4, -0.2) is 11.0 Å². The van der Waals surface area contributed by atoms with Gasteiger partial charge in [0.1, 0.15) is 0 Å². The first-order valence-electron chi connectivity index (χ1n) is 5.70. The topological polar surface area (TPSA) is 63.3 Å². The van der Waals surface area contributed by atoms with E-state index in [1.165, 1.54) is 0 Å². The molecule has 3 nitrogen and oxygen atoms in total. The van der Waals surface area contributed by atoms with Crippen LogP contribution in [0.1, 0.15) is 16.7 Å². The van der Waals surface area contributed by atoms with Gasteiger partial charge in [0, 0.05) is 5.56 Å². The van der Waals surface area contributed by atoms with Gasteiger partial charge in [-0.1, -0.05) is 54.6 Å². The van der Waals surface area contributed by atoms with E-state index in [4.69, 9.17) is 5.73 Å². The lowest BCUT2D eigenvalue weighted by Gasteiger charge is -2.27. The van der Waals surface area contributed by atoms with E-state index in [0.29, 0.717) is 11.1 Å². The van der Waals surface area contributed by atoms with Crippen LogP contribution in [-0.2, 0) is 10.4 Å². The van der Waals surface area contributed by atoms with Gasteiger partial charge in [-0.05, 0) is 18.1 Å². The lowest BCUT2D eigenvalue weighted by molar-refractivity contribution is -0.133. The maximum absolute atomic E-state index is 11.7. The van der Waals surface area contributed by atoms with E-state index in [0.717, 1.165) is 5.56 Å². The highest BCUT2D eigenvalue weighted by Crippen LogP contribution is 2.31. The van der Waals surface area contributed by atoms with E-state index in [1.807, 2.05) is 25.1 Å². The van der Waals surface area contributed by atoms with E-state index in [-0.39, 0.29) is 0 Å². The second-order valence-electron chi connectivity index (χ2n) is 4.26. The molecule has 0 radical (unpaired) electrons. The van der Waals surface area contributed by atoms with Gasteiger partial charge in [-0.2, -0.15) is 0 Å². The van der Waals surface area contributed by atoms with Crippen molar-refractivity contribution >= 4 is 5.91 Å². The van der Waals surface area contributed by atoms with Crippen molar-refractivity contribution in [3.63, 3.8) is 0 Å². The van der Waals surface area contributed by atoms with Crippen LogP contribution in [0.25, 0.3) is 0 Å². The minimum Gasteiger partial charge on any atom is -0.372 e. The van der Waals surface area contributed by atoms with Crippen LogP contribution in [0.3, 0.4) is 0 Å². The molecule has 3 N–H and O–H groups in total. The molecular weight excluding hydrogens is 226 g/mol. The lowest BCUT2D eigenvalue weighted by Crippen LogP contribution is -2.42. The van der Waals surface area contributed by atoms with Crippen molar-refractivity contribution in [2.75, 3.05) is 0 Å². The fraction of sp³-hybridized carbons (Fsp3) is 0.133. The van der Waals surface area contributed by atoms with E-state index in [9.17, 15) is 9.90 Å². The number of hydrogen-bond acceptors (Lipinski definition) is 2. The Labute approximate surface area is 106 Å². The Morgan fingerprint density at radius 2 is 1.61 bits per heavy atom. The smallest absolute Gasteiger partial charge is 0.258 e. The molecule has 0 saturated heterocycles. The Bertz CT molecular complexity index is 566. The number of carbonyl (C=O) groups is 1. The van der Waals surface area contributed by atoms with Crippen LogP contribution in [0.15, 0.2) is 54.6 Å². The number of rotatable bonds is 3. The maximum atomic E-state index is 11.7. The van der Waals surface area contributed by atoms with Crippen molar-refractivity contribution in [3.05, 3.63) is 71.3 Å². The van der Waals surface area contributed by atoms with Crippen LogP contribution in [0.5, 0.6) is 0 Å². The first kappa shape index (κ1) is 12.3. The minimum absolute atomic E-state index is 0.479. The zero-order valence-corrected chi connectivity index (χ0v) is 10.1. The molecule has 0 aliphatic rings. The third-order valence-corrected chi connectivity index (χ3v) is 3.08. The molecule has 1 amide bonds. The molecule has 0 aliphatic carbocycles. The molecule has 3 heteroatoms. The summed E-state index contributed by atoms with van der Waals surface area (Å²) >= 11 is 0. The zero-order valence-electron chi connectivity index (χ0n) is 10.1. The largest absolute Gasteiger partial charge is 0.372 e. The molecule has 0 aliphatic heterocycles. The Morgan fingerprint density at radius 1 is 1.06 bits per heavy atom. The van der Waals surface area contributed by atoms with Crippen LogP contribution in [0, 0.1) is 6.92 Å². The number of carbonyl (C=O) groups excluding carboxylic acids is 1. The lowest BCUT2D eigenvalue weighted by atomic mass is 9.83. The van der Waals surface area contributed by atoms with Crippen molar-refractivity contribution in [2.24, 2.45) is 5.73 Å². The molecule has 2 rings (SSSR count). The summed E-state index contributed by atoms with van der Waals surface area (Å²) in [4.78, 5) is 11.7. The van der Waals surface area contributed by atoms with Crippen LogP contribution >= 0.6 is 0 Å². The fourth-order valence-corrected chi connectivity index (χ4v) is 2.09. The quantitative estimate of drug-likeness (QED) is 0.859. The van der Waals surface area contributed by atoms with Gasteiger partial charge in [0.05, 0.1) is 0 Å². The molecule has 0 aromatic heterocycles. The van der Waals surface area contributed by atoms with E-state index in [2.05, 4.69) is 0 Å². The van der Waals surface area contributed by atoms with Crippen molar-refractivity contribution in [1.82, 2.24) is 0 Å². The van der Waals surface area contributed by atoms with Crippen molar-refractivity contribution in [1.29, 1.82) is 0 Å². The molecule has 0 spiro atoms. The normalized spacial score (nSPS) is 13.9. The standard InChI is InChI=1S/C15H15NO2/c1-11-7-5-6-10-13(11)15(18,14(16)17)12-8-3-2-4-9-12/h2-10,18H,1H3,(H2,16,17)/t15-/m0/s1. The van der Waals surface area contributed by atoms with Crippen LogP contribution in [0.2, 0.25) is 0 Å². The molecule has 0 fully saturated rings. The number of amides is 1. The summed E-state index contributed by atoms with van der Waals surface area (Å²) < 4.78 is 0. The van der Waals surface area contributed by atoms with Gasteiger partial charge < -0.3 is 10.8 Å². The molecule has 18 heavy (non-hydrogen) atoms. The average Bonchev–Trinajstić information content (AvgIpc) is 2.39. The number of aliphatic hydroxyl groups is 1. The van der Waals surface area contributed by atoms with Crippen molar-refractivity contribution < 1.29 is 9.90 Å². The van der Waals surface area contributed by atoms with Gasteiger partial charge in [-0.15, -0.1) is 0 Å². The Morgan fingerprint density at radius 3 is 2.17 bits per heavy atom. The maximum Gasteiger partial charge on any atom is 0.258 e. The molecule has 0 saturated carbocycles. The summed E-state index contributed by atoms with van der Waals surface area (Å²) in [5.41, 5.74) is 5.45. The van der Waals surface area contributed by atoms with E-state index >= 15 is 0 Å². The predicted octanol–water partition coefficient (Wildman–Crippen LogP) is 1.72. The van der Waals surface area contributed by atoms with Gasteiger partial charge >= 0.3 is 0 Å². The summed E-state index contributed by atoms with van der Waals surface area (Å²) in [5, 5.41) is 10.7. The SMILES string of the molecule is Cc1ccccc1[C@](O)(C(N)=O)c1ccccc1. The molecule has 2 aromatic carbocycles. The summed E-state index contributed by atoms with van der Waals surface area (Å²) in [6.45, 7) is 1.84. The number of benzene rings is 2. The summed E-state index contributed by atoms with van der Waals surface area (Å²) in [7, 11) is 0. The highest BCUT2D eigenvalue weighted by atomic mass is 16.3. The van der Waals surface area contributed by atoms with Gasteiger partial charge in [-0.3, -0.25) is 4.79 Å². The number of primary amides is 1. The second kappa shape index (κ2) is 4.63. The van der Waals surface area contributed by atoms with E-state index < -0.39 is 11.5 Å². The van der Waals surface area contributed by atoms with Crippen LogP contribution in [0.4, 0.5) is 0 Å². The van der Waals surface area contributed by atoms with Crippen LogP contribution < -0.4 is 5.73 Å².